The van der Waals surface area contributed by atoms with Crippen molar-refractivity contribution in [1.82, 2.24) is 9.44 Å². The van der Waals surface area contributed by atoms with Crippen LogP contribution in [-0.2, 0) is 20.0 Å². The monoisotopic (exact) mass is 343 g/mol. The molecule has 0 aromatic heterocycles. The Morgan fingerprint density at radius 3 is 2.10 bits per heavy atom. The van der Waals surface area contributed by atoms with Gasteiger partial charge in [-0.2, -0.15) is 0 Å². The third-order valence-corrected chi connectivity index (χ3v) is 5.30. The number of nitrogens with two attached hydrogens (primary N) is 1. The Bertz CT molecular complexity index is 697. The van der Waals surface area contributed by atoms with E-state index >= 15 is 0 Å². The lowest BCUT2D eigenvalue weighted by Gasteiger charge is -2.09. The Kier molecular flexibility index (Phi) is 5.61. The maximum absolute atomic E-state index is 13.5. The fourth-order valence-corrected chi connectivity index (χ4v) is 3.74. The van der Waals surface area contributed by atoms with Crippen LogP contribution in [0.4, 0.5) is 14.5 Å². The molecule has 0 aliphatic rings. The summed E-state index contributed by atoms with van der Waals surface area (Å²) < 4.78 is 77.2. The predicted molar refractivity (Wildman–Crippen MR) is 73.4 cm³/mol. The van der Waals surface area contributed by atoms with Gasteiger partial charge in [0.05, 0.1) is 5.75 Å². The summed E-state index contributed by atoms with van der Waals surface area (Å²) >= 11 is 0. The summed E-state index contributed by atoms with van der Waals surface area (Å²) in [5.41, 5.74) is 4.91. The molecule has 1 rings (SSSR count). The maximum atomic E-state index is 13.5. The Morgan fingerprint density at radius 1 is 1.10 bits per heavy atom. The molecule has 0 fully saturated rings. The molecule has 21 heavy (non-hydrogen) atoms. The molecular weight excluding hydrogens is 328 g/mol. The SMILES string of the molecule is CCNS(=O)(=O)CCNS(=O)(=O)c1c(F)cc(N)cc1F. The van der Waals surface area contributed by atoms with Gasteiger partial charge in [-0.25, -0.2) is 35.1 Å². The normalized spacial score (nSPS) is 12.5. The Labute approximate surface area is 121 Å². The Balaban J connectivity index is 2.89. The van der Waals surface area contributed by atoms with Gasteiger partial charge in [-0.3, -0.25) is 0 Å². The zero-order valence-corrected chi connectivity index (χ0v) is 12.7. The molecule has 0 radical (unpaired) electrons. The van der Waals surface area contributed by atoms with Gasteiger partial charge in [-0.05, 0) is 12.1 Å². The van der Waals surface area contributed by atoms with E-state index < -0.39 is 48.9 Å². The first-order chi connectivity index (χ1) is 9.59. The lowest BCUT2D eigenvalue weighted by atomic mass is 10.3. The summed E-state index contributed by atoms with van der Waals surface area (Å²) in [6.07, 6.45) is 0. The second-order valence-corrected chi connectivity index (χ2v) is 7.66. The topological polar surface area (TPSA) is 118 Å². The third-order valence-electron chi connectivity index (χ3n) is 2.32. The lowest BCUT2D eigenvalue weighted by Crippen LogP contribution is -2.35. The number of sulfonamides is 2. The summed E-state index contributed by atoms with van der Waals surface area (Å²) in [6, 6.07) is 1.32. The van der Waals surface area contributed by atoms with E-state index in [1.54, 1.807) is 6.92 Å². The standard InChI is InChI=1S/C10H15F2N3O4S2/c1-2-14-20(16,17)4-3-15-21(18,19)10-8(11)5-7(13)6-9(10)12/h5-6,14-15H,2-4,13H2,1H3. The number of benzene rings is 1. The maximum Gasteiger partial charge on any atom is 0.246 e. The highest BCUT2D eigenvalue weighted by Crippen LogP contribution is 2.21. The second kappa shape index (κ2) is 6.64. The van der Waals surface area contributed by atoms with Crippen LogP contribution in [0.25, 0.3) is 0 Å². The fourth-order valence-electron chi connectivity index (χ4n) is 1.51. The third kappa shape index (κ3) is 4.88. The molecule has 120 valence electrons. The van der Waals surface area contributed by atoms with Gasteiger partial charge < -0.3 is 5.73 Å². The van der Waals surface area contributed by atoms with E-state index in [0.717, 1.165) is 0 Å². The summed E-state index contributed by atoms with van der Waals surface area (Å²) in [6.45, 7) is 1.18. The lowest BCUT2D eigenvalue weighted by molar-refractivity contribution is 0.515. The molecular formula is C10H15F2N3O4S2. The first-order valence-electron chi connectivity index (χ1n) is 5.80. The highest BCUT2D eigenvalue weighted by Gasteiger charge is 2.24. The van der Waals surface area contributed by atoms with Crippen LogP contribution in [0, 0.1) is 11.6 Å². The molecule has 0 spiro atoms. The van der Waals surface area contributed by atoms with Crippen LogP contribution in [0.5, 0.6) is 0 Å². The van der Waals surface area contributed by atoms with Crippen LogP contribution in [0.2, 0.25) is 0 Å². The number of hydrogen-bond donors (Lipinski definition) is 3. The second-order valence-electron chi connectivity index (χ2n) is 4.03. The number of anilines is 1. The van der Waals surface area contributed by atoms with E-state index in [1.807, 2.05) is 4.72 Å². The summed E-state index contributed by atoms with van der Waals surface area (Å²) in [5.74, 6) is -3.26. The summed E-state index contributed by atoms with van der Waals surface area (Å²) in [7, 11) is -8.17. The van der Waals surface area contributed by atoms with E-state index in [-0.39, 0.29) is 12.2 Å². The molecule has 4 N–H and O–H groups in total. The van der Waals surface area contributed by atoms with Crippen LogP contribution < -0.4 is 15.2 Å². The quantitative estimate of drug-likeness (QED) is 0.591. The van der Waals surface area contributed by atoms with Crippen molar-refractivity contribution in [3.8, 4) is 0 Å². The Morgan fingerprint density at radius 2 is 1.62 bits per heavy atom. The van der Waals surface area contributed by atoms with Crippen LogP contribution in [0.3, 0.4) is 0 Å². The summed E-state index contributed by atoms with van der Waals surface area (Å²) in [5, 5.41) is 0. The molecule has 0 saturated carbocycles. The van der Waals surface area contributed by atoms with Gasteiger partial charge in [0.25, 0.3) is 0 Å². The minimum Gasteiger partial charge on any atom is -0.399 e. The van der Waals surface area contributed by atoms with Gasteiger partial charge in [-0.15, -0.1) is 0 Å². The van der Waals surface area contributed by atoms with E-state index in [0.29, 0.717) is 12.1 Å². The molecule has 0 saturated heterocycles. The van der Waals surface area contributed by atoms with E-state index in [4.69, 9.17) is 5.73 Å². The molecule has 7 nitrogen and oxygen atoms in total. The van der Waals surface area contributed by atoms with Gasteiger partial charge in [0.2, 0.25) is 20.0 Å². The van der Waals surface area contributed by atoms with Gasteiger partial charge >= 0.3 is 0 Å². The average molecular weight is 343 g/mol. The van der Waals surface area contributed by atoms with Crippen molar-refractivity contribution in [2.45, 2.75) is 11.8 Å². The summed E-state index contributed by atoms with van der Waals surface area (Å²) in [4.78, 5) is -1.20. The fraction of sp³-hybridized carbons (Fsp3) is 0.400. The first-order valence-corrected chi connectivity index (χ1v) is 8.94. The largest absolute Gasteiger partial charge is 0.399 e. The van der Waals surface area contributed by atoms with Crippen LogP contribution >= 0.6 is 0 Å². The molecule has 0 heterocycles. The molecule has 0 amide bonds. The van der Waals surface area contributed by atoms with Gasteiger partial charge in [0.15, 0.2) is 4.90 Å². The van der Waals surface area contributed by atoms with Crippen LogP contribution in [0.1, 0.15) is 6.92 Å². The number of rotatable bonds is 7. The van der Waals surface area contributed by atoms with Crippen molar-refractivity contribution in [2.24, 2.45) is 0 Å². The zero-order valence-electron chi connectivity index (χ0n) is 11.1. The van der Waals surface area contributed by atoms with Gasteiger partial charge in [-0.1, -0.05) is 6.92 Å². The smallest absolute Gasteiger partial charge is 0.246 e. The van der Waals surface area contributed by atoms with Crippen molar-refractivity contribution in [3.05, 3.63) is 23.8 Å². The number of hydrogen-bond acceptors (Lipinski definition) is 5. The number of nitrogen functional groups attached to an aromatic ring is 1. The number of nitrogens with one attached hydrogen (secondary N) is 2. The highest BCUT2D eigenvalue weighted by atomic mass is 32.2. The van der Waals surface area contributed by atoms with E-state index in [1.165, 1.54) is 0 Å². The predicted octanol–water partition coefficient (Wildman–Crippen LogP) is -0.235. The van der Waals surface area contributed by atoms with Crippen molar-refractivity contribution < 1.29 is 25.6 Å². The molecule has 0 unspecified atom stereocenters. The van der Waals surface area contributed by atoms with Crippen LogP contribution in [0.15, 0.2) is 17.0 Å². The molecule has 11 heteroatoms. The number of halogens is 2. The highest BCUT2D eigenvalue weighted by molar-refractivity contribution is 7.90. The molecule has 0 bridgehead atoms. The minimum atomic E-state index is -4.52. The first kappa shape index (κ1) is 17.8. The van der Waals surface area contributed by atoms with Crippen molar-refractivity contribution in [2.75, 3.05) is 24.6 Å². The molecule has 0 atom stereocenters. The Hall–Kier alpha value is -1.30. The molecule has 1 aromatic carbocycles. The van der Waals surface area contributed by atoms with E-state index in [9.17, 15) is 25.6 Å². The van der Waals surface area contributed by atoms with E-state index in [2.05, 4.69) is 4.72 Å². The van der Waals surface area contributed by atoms with Crippen LogP contribution in [-0.4, -0.2) is 35.7 Å². The molecule has 0 aliphatic carbocycles. The van der Waals surface area contributed by atoms with Crippen molar-refractivity contribution in [1.29, 1.82) is 0 Å². The van der Waals surface area contributed by atoms with Gasteiger partial charge in [0, 0.05) is 18.8 Å². The average Bonchev–Trinajstić information content (AvgIpc) is 2.25. The van der Waals surface area contributed by atoms with Gasteiger partial charge in [0.1, 0.15) is 11.6 Å². The van der Waals surface area contributed by atoms with Crippen molar-refractivity contribution >= 4 is 25.7 Å². The molecule has 0 aliphatic heterocycles. The zero-order chi connectivity index (χ0) is 16.3. The minimum absolute atomic E-state index is 0.149. The molecule has 1 aromatic rings. The van der Waals surface area contributed by atoms with Crippen molar-refractivity contribution in [3.63, 3.8) is 0 Å².